The van der Waals surface area contributed by atoms with Gasteiger partial charge in [0.1, 0.15) is 0 Å². The van der Waals surface area contributed by atoms with Crippen molar-refractivity contribution in [2.75, 3.05) is 9.80 Å². The van der Waals surface area contributed by atoms with E-state index in [0.29, 0.717) is 11.3 Å². The van der Waals surface area contributed by atoms with Crippen LogP contribution in [-0.4, -0.2) is 12.5 Å². The Morgan fingerprint density at radius 3 is 1.48 bits per heavy atom. The molecule has 2 aromatic heterocycles. The minimum Gasteiger partial charge on any atom is -0.310 e. The molecular formula is C48H37N5Si. The molecule has 0 atom stereocenters. The van der Waals surface area contributed by atoms with Gasteiger partial charge < -0.3 is 14.2 Å². The SMILES string of the molecule is [C-]#[N+]c1ccc(N(c2ccc(C)cc2)c2cccc3c2c2cccc4c5c(N(c6ccc(C#N)cc6)c6ccc([Si](C)(C)C)cc6)cccc5n3c24)cc1. The fraction of sp³-hybridized carbons (Fsp3) is 0.0833. The molecule has 0 N–H and O–H groups in total. The number of hydrogen-bond donors (Lipinski definition) is 0. The van der Waals surface area contributed by atoms with Crippen molar-refractivity contribution in [3.05, 3.63) is 174 Å². The molecule has 0 saturated carbocycles. The first kappa shape index (κ1) is 33.0. The van der Waals surface area contributed by atoms with Crippen LogP contribution >= 0.6 is 0 Å². The molecular weight excluding hydrogens is 675 g/mol. The van der Waals surface area contributed by atoms with Gasteiger partial charge in [0.15, 0.2) is 5.69 Å². The van der Waals surface area contributed by atoms with Gasteiger partial charge in [-0.25, -0.2) is 4.85 Å². The van der Waals surface area contributed by atoms with Crippen molar-refractivity contribution in [2.45, 2.75) is 26.6 Å². The van der Waals surface area contributed by atoms with E-state index in [0.717, 1.165) is 45.2 Å². The predicted octanol–water partition coefficient (Wildman–Crippen LogP) is 13.1. The number of anilines is 6. The summed E-state index contributed by atoms with van der Waals surface area (Å²) in [5.41, 5.74) is 12.2. The Kier molecular flexibility index (Phi) is 7.74. The first-order valence-electron chi connectivity index (χ1n) is 18.2. The number of nitriles is 1. The number of nitrogens with zero attached hydrogens (tertiary/aromatic N) is 5. The van der Waals surface area contributed by atoms with Crippen molar-refractivity contribution in [1.29, 1.82) is 5.26 Å². The summed E-state index contributed by atoms with van der Waals surface area (Å²) in [6.07, 6.45) is 0. The van der Waals surface area contributed by atoms with Crippen molar-refractivity contribution in [1.82, 2.24) is 4.40 Å². The van der Waals surface area contributed by atoms with Gasteiger partial charge in [-0.1, -0.05) is 97.1 Å². The van der Waals surface area contributed by atoms with E-state index in [4.69, 9.17) is 6.57 Å². The van der Waals surface area contributed by atoms with E-state index in [1.165, 1.54) is 37.8 Å². The lowest BCUT2D eigenvalue weighted by molar-refractivity contribution is 1.28. The van der Waals surface area contributed by atoms with Crippen LogP contribution in [0.1, 0.15) is 11.1 Å². The molecule has 0 aliphatic carbocycles. The number of aryl methyl sites for hydroxylation is 1. The molecule has 9 aromatic rings. The Balaban J connectivity index is 1.31. The molecule has 6 heteroatoms. The lowest BCUT2D eigenvalue weighted by atomic mass is 10.0. The van der Waals surface area contributed by atoms with Crippen LogP contribution in [0.5, 0.6) is 0 Å². The summed E-state index contributed by atoms with van der Waals surface area (Å²) in [5.74, 6) is 0. The van der Waals surface area contributed by atoms with Crippen LogP contribution < -0.4 is 15.0 Å². The molecule has 9 rings (SSSR count). The van der Waals surface area contributed by atoms with Gasteiger partial charge in [0, 0.05) is 44.3 Å². The van der Waals surface area contributed by atoms with E-state index in [9.17, 15) is 5.26 Å². The number of aromatic nitrogens is 1. The highest BCUT2D eigenvalue weighted by atomic mass is 28.3. The summed E-state index contributed by atoms with van der Waals surface area (Å²) in [6, 6.07) is 55.6. The topological polar surface area (TPSA) is 39.0 Å². The first-order valence-corrected chi connectivity index (χ1v) is 21.7. The third-order valence-corrected chi connectivity index (χ3v) is 12.6. The van der Waals surface area contributed by atoms with Crippen LogP contribution in [0.4, 0.5) is 39.8 Å². The molecule has 258 valence electrons. The highest BCUT2D eigenvalue weighted by Gasteiger charge is 2.26. The van der Waals surface area contributed by atoms with E-state index in [2.05, 4.69) is 155 Å². The maximum atomic E-state index is 9.62. The molecule has 7 aromatic carbocycles. The zero-order valence-corrected chi connectivity index (χ0v) is 31.7. The third-order valence-electron chi connectivity index (χ3n) is 10.6. The Hall–Kier alpha value is -6.86. The summed E-state index contributed by atoms with van der Waals surface area (Å²) < 4.78 is 2.43. The lowest BCUT2D eigenvalue weighted by Crippen LogP contribution is -2.37. The van der Waals surface area contributed by atoms with Crippen LogP contribution in [-0.2, 0) is 0 Å². The Morgan fingerprint density at radius 1 is 0.574 bits per heavy atom. The van der Waals surface area contributed by atoms with Gasteiger partial charge in [-0.05, 0) is 91.9 Å². The smallest absolute Gasteiger partial charge is 0.187 e. The summed E-state index contributed by atoms with van der Waals surface area (Å²) in [5, 5.41) is 15.7. The summed E-state index contributed by atoms with van der Waals surface area (Å²) in [7, 11) is -1.51. The maximum Gasteiger partial charge on any atom is 0.187 e. The number of fused-ring (bicyclic) bond motifs is 6. The summed E-state index contributed by atoms with van der Waals surface area (Å²) in [6.45, 7) is 16.8. The van der Waals surface area contributed by atoms with Gasteiger partial charge in [-0.2, -0.15) is 5.26 Å². The van der Waals surface area contributed by atoms with Gasteiger partial charge in [-0.3, -0.25) is 0 Å². The monoisotopic (exact) mass is 711 g/mol. The Labute approximate surface area is 316 Å². The van der Waals surface area contributed by atoms with E-state index in [-0.39, 0.29) is 0 Å². The lowest BCUT2D eigenvalue weighted by Gasteiger charge is -2.28. The third kappa shape index (κ3) is 5.27. The Bertz CT molecular complexity index is 2920. The molecule has 0 spiro atoms. The van der Waals surface area contributed by atoms with Crippen molar-refractivity contribution < 1.29 is 0 Å². The van der Waals surface area contributed by atoms with Crippen LogP contribution in [0.25, 0.3) is 42.9 Å². The second-order valence-electron chi connectivity index (χ2n) is 15.0. The average Bonchev–Trinajstić information content (AvgIpc) is 3.73. The molecule has 0 fully saturated rings. The second kappa shape index (κ2) is 12.7. The van der Waals surface area contributed by atoms with E-state index in [1.807, 2.05) is 48.5 Å². The predicted molar refractivity (Wildman–Crippen MR) is 229 cm³/mol. The van der Waals surface area contributed by atoms with E-state index >= 15 is 0 Å². The van der Waals surface area contributed by atoms with Gasteiger partial charge in [0.2, 0.25) is 0 Å². The van der Waals surface area contributed by atoms with Crippen LogP contribution in [0.15, 0.2) is 152 Å². The molecule has 0 saturated heterocycles. The number of benzene rings is 7. The van der Waals surface area contributed by atoms with Crippen molar-refractivity contribution in [3.63, 3.8) is 0 Å². The summed E-state index contributed by atoms with van der Waals surface area (Å²) in [4.78, 5) is 8.29. The average molecular weight is 712 g/mol. The van der Waals surface area contributed by atoms with Gasteiger partial charge >= 0.3 is 0 Å². The first-order chi connectivity index (χ1) is 26.2. The van der Waals surface area contributed by atoms with Crippen LogP contribution in [0, 0.1) is 24.8 Å². The van der Waals surface area contributed by atoms with Gasteiger partial charge in [0.05, 0.1) is 54.2 Å². The number of rotatable bonds is 7. The molecule has 0 radical (unpaired) electrons. The zero-order valence-electron chi connectivity index (χ0n) is 30.7. The summed E-state index contributed by atoms with van der Waals surface area (Å²) >= 11 is 0. The van der Waals surface area contributed by atoms with Gasteiger partial charge in [0.25, 0.3) is 0 Å². The molecule has 0 bridgehead atoms. The number of hydrogen-bond acceptors (Lipinski definition) is 3. The molecule has 5 nitrogen and oxygen atoms in total. The highest BCUT2D eigenvalue weighted by Crippen LogP contribution is 2.49. The van der Waals surface area contributed by atoms with Crippen LogP contribution in [0.2, 0.25) is 19.6 Å². The van der Waals surface area contributed by atoms with Crippen molar-refractivity contribution in [2.24, 2.45) is 0 Å². The second-order valence-corrected chi connectivity index (χ2v) is 20.0. The van der Waals surface area contributed by atoms with Gasteiger partial charge in [-0.15, -0.1) is 0 Å². The minimum absolute atomic E-state index is 0.617. The van der Waals surface area contributed by atoms with E-state index < -0.39 is 8.07 Å². The Morgan fingerprint density at radius 2 is 1.02 bits per heavy atom. The molecule has 0 aliphatic rings. The molecule has 0 unspecified atom stereocenters. The fourth-order valence-corrected chi connectivity index (χ4v) is 9.10. The standard InChI is InChI=1S/C48H37N5Si/c1-32-15-21-35(22-16-32)51(37-25-19-34(50-2)20-26-37)42-11-7-13-44-46(42)40-9-6-10-41-47-43(12-8-14-45(47)53(44)48(40)41)52(36-23-17-33(31-49)18-24-36)38-27-29-39(30-28-38)54(3,4)5/h6-30H,1,3-5H3. The maximum absolute atomic E-state index is 9.62. The molecule has 54 heavy (non-hydrogen) atoms. The highest BCUT2D eigenvalue weighted by molar-refractivity contribution is 6.88. The van der Waals surface area contributed by atoms with Crippen molar-refractivity contribution >= 4 is 91.2 Å². The van der Waals surface area contributed by atoms with Crippen molar-refractivity contribution in [3.8, 4) is 6.07 Å². The molecule has 0 aliphatic heterocycles. The quantitative estimate of drug-likeness (QED) is 0.122. The number of para-hydroxylation sites is 1. The zero-order chi connectivity index (χ0) is 37.1. The largest absolute Gasteiger partial charge is 0.310 e. The van der Waals surface area contributed by atoms with E-state index in [1.54, 1.807) is 0 Å². The molecule has 0 amide bonds. The minimum atomic E-state index is -1.51. The normalized spacial score (nSPS) is 11.7. The fourth-order valence-electron chi connectivity index (χ4n) is 7.93. The molecule has 2 heterocycles. The van der Waals surface area contributed by atoms with Crippen LogP contribution in [0.3, 0.4) is 0 Å².